The second kappa shape index (κ2) is 4.78. The maximum absolute atomic E-state index is 9.36. The second-order valence-electron chi connectivity index (χ2n) is 4.31. The first-order valence-electron chi connectivity index (χ1n) is 6.06. The van der Waals surface area contributed by atoms with Gasteiger partial charge in [0, 0.05) is 5.56 Å². The number of nitrogens with zero attached hydrogens (tertiary/aromatic N) is 3. The van der Waals surface area contributed by atoms with Crippen molar-refractivity contribution in [2.24, 2.45) is 0 Å². The van der Waals surface area contributed by atoms with Gasteiger partial charge in [0.25, 0.3) is 0 Å². The molecule has 0 radical (unpaired) electrons. The number of anilines is 1. The Morgan fingerprint density at radius 1 is 1.30 bits per heavy atom. The number of rotatable bonds is 3. The van der Waals surface area contributed by atoms with Crippen LogP contribution in [0.15, 0.2) is 30.3 Å². The van der Waals surface area contributed by atoms with Crippen LogP contribution in [0.2, 0.25) is 0 Å². The predicted molar refractivity (Wildman–Crippen MR) is 73.8 cm³/mol. The number of aromatic amines is 1. The number of H-pyrrole nitrogens is 1. The molecule has 0 aliphatic carbocycles. The number of aliphatic hydroxyl groups excluding tert-OH is 1. The van der Waals surface area contributed by atoms with Crippen LogP contribution in [-0.4, -0.2) is 31.8 Å². The maximum Gasteiger partial charge on any atom is 0.194 e. The molecule has 102 valence electrons. The molecular weight excluding hydrogens is 258 g/mol. The van der Waals surface area contributed by atoms with Crippen LogP contribution in [0.4, 0.5) is 5.82 Å². The zero-order valence-electron chi connectivity index (χ0n) is 10.7. The summed E-state index contributed by atoms with van der Waals surface area (Å²) in [6.45, 7) is 1.54. The lowest BCUT2D eigenvalue weighted by Gasteiger charge is -2.12. The van der Waals surface area contributed by atoms with E-state index in [1.807, 2.05) is 18.2 Å². The van der Waals surface area contributed by atoms with E-state index in [2.05, 4.69) is 20.4 Å². The van der Waals surface area contributed by atoms with Crippen LogP contribution in [-0.2, 0) is 0 Å². The van der Waals surface area contributed by atoms with Gasteiger partial charge in [0.1, 0.15) is 5.75 Å². The lowest BCUT2D eigenvalue weighted by Crippen LogP contribution is -2.10. The van der Waals surface area contributed by atoms with E-state index in [9.17, 15) is 5.11 Å². The number of nitrogens with two attached hydrogens (primary N) is 1. The third-order valence-corrected chi connectivity index (χ3v) is 2.79. The van der Waals surface area contributed by atoms with Crippen molar-refractivity contribution in [3.63, 3.8) is 0 Å². The van der Waals surface area contributed by atoms with Crippen LogP contribution < -0.4 is 10.5 Å². The number of fused-ring (bicyclic) bond motifs is 1. The first-order valence-corrected chi connectivity index (χ1v) is 6.06. The van der Waals surface area contributed by atoms with E-state index >= 15 is 0 Å². The first-order chi connectivity index (χ1) is 9.65. The molecule has 0 amide bonds. The summed E-state index contributed by atoms with van der Waals surface area (Å²) in [5.41, 5.74) is 8.22. The average Bonchev–Trinajstić information content (AvgIpc) is 2.80. The summed E-state index contributed by atoms with van der Waals surface area (Å²) in [4.78, 5) is 0. The van der Waals surface area contributed by atoms with E-state index in [0.717, 1.165) is 5.56 Å². The van der Waals surface area contributed by atoms with Gasteiger partial charge in [0.15, 0.2) is 17.6 Å². The summed E-state index contributed by atoms with van der Waals surface area (Å²) in [7, 11) is 0. The molecule has 0 bridgehead atoms. The van der Waals surface area contributed by atoms with Gasteiger partial charge in [0.05, 0.1) is 11.2 Å². The van der Waals surface area contributed by atoms with Crippen molar-refractivity contribution in [1.82, 2.24) is 20.4 Å². The lowest BCUT2D eigenvalue weighted by molar-refractivity contribution is 0.000127. The van der Waals surface area contributed by atoms with Crippen LogP contribution >= 0.6 is 0 Å². The molecule has 1 aromatic carbocycles. The molecule has 0 aliphatic heterocycles. The molecular formula is C13H13N5O2. The van der Waals surface area contributed by atoms with Crippen molar-refractivity contribution in [2.45, 2.75) is 13.2 Å². The highest BCUT2D eigenvalue weighted by Crippen LogP contribution is 2.30. The van der Waals surface area contributed by atoms with Crippen molar-refractivity contribution >= 4 is 16.9 Å². The fourth-order valence-corrected chi connectivity index (χ4v) is 1.94. The first kappa shape index (κ1) is 12.4. The highest BCUT2D eigenvalue weighted by Gasteiger charge is 2.12. The molecule has 1 unspecified atom stereocenters. The Bertz CT molecular complexity index is 753. The van der Waals surface area contributed by atoms with Crippen LogP contribution in [0, 0.1) is 0 Å². The SMILES string of the molecule is CC(O)Oc1ccccc1-c1cc2[nH]nc(N)c2nn1. The smallest absolute Gasteiger partial charge is 0.194 e. The molecule has 0 spiro atoms. The van der Waals surface area contributed by atoms with E-state index < -0.39 is 6.29 Å². The molecule has 2 heterocycles. The average molecular weight is 271 g/mol. The Kier molecular flexibility index (Phi) is 2.96. The largest absolute Gasteiger partial charge is 0.465 e. The third-order valence-electron chi connectivity index (χ3n) is 2.79. The van der Waals surface area contributed by atoms with Gasteiger partial charge in [0.2, 0.25) is 0 Å². The van der Waals surface area contributed by atoms with E-state index in [-0.39, 0.29) is 0 Å². The highest BCUT2D eigenvalue weighted by molar-refractivity contribution is 5.86. The monoisotopic (exact) mass is 271 g/mol. The Balaban J connectivity index is 2.10. The molecule has 0 aliphatic rings. The van der Waals surface area contributed by atoms with Gasteiger partial charge >= 0.3 is 0 Å². The lowest BCUT2D eigenvalue weighted by atomic mass is 10.1. The van der Waals surface area contributed by atoms with E-state index in [0.29, 0.717) is 28.3 Å². The number of ether oxygens (including phenoxy) is 1. The van der Waals surface area contributed by atoms with Crippen LogP contribution in [0.5, 0.6) is 5.75 Å². The van der Waals surface area contributed by atoms with Crippen molar-refractivity contribution in [3.8, 4) is 17.0 Å². The number of aromatic nitrogens is 4. The Morgan fingerprint density at radius 2 is 2.10 bits per heavy atom. The number of aliphatic hydroxyl groups is 1. The zero-order chi connectivity index (χ0) is 14.1. The van der Waals surface area contributed by atoms with Gasteiger partial charge in [-0.15, -0.1) is 10.2 Å². The number of para-hydroxylation sites is 1. The van der Waals surface area contributed by atoms with Gasteiger partial charge in [-0.1, -0.05) is 12.1 Å². The van der Waals surface area contributed by atoms with E-state index in [1.54, 1.807) is 19.1 Å². The van der Waals surface area contributed by atoms with Crippen LogP contribution in [0.1, 0.15) is 6.92 Å². The quantitative estimate of drug-likeness (QED) is 0.620. The molecule has 2 aromatic heterocycles. The van der Waals surface area contributed by atoms with Crippen LogP contribution in [0.25, 0.3) is 22.3 Å². The molecule has 0 saturated carbocycles. The minimum atomic E-state index is -0.907. The van der Waals surface area contributed by atoms with E-state index in [4.69, 9.17) is 10.5 Å². The van der Waals surface area contributed by atoms with Crippen molar-refractivity contribution in [3.05, 3.63) is 30.3 Å². The minimum Gasteiger partial charge on any atom is -0.465 e. The molecule has 0 saturated heterocycles. The molecule has 1 atom stereocenters. The standard InChI is InChI=1S/C13H13N5O2/c1-7(19)20-11-5-3-2-4-8(11)9-6-10-12(17-15-9)13(14)18-16-10/h2-7,19H,1H3,(H3,14,16,18). The molecule has 4 N–H and O–H groups in total. The predicted octanol–water partition coefficient (Wildman–Crippen LogP) is 1.32. The molecule has 7 heteroatoms. The minimum absolute atomic E-state index is 0.313. The van der Waals surface area contributed by atoms with Gasteiger partial charge < -0.3 is 15.6 Å². The number of hydrogen-bond acceptors (Lipinski definition) is 6. The highest BCUT2D eigenvalue weighted by atomic mass is 16.6. The van der Waals surface area contributed by atoms with Crippen LogP contribution in [0.3, 0.4) is 0 Å². The summed E-state index contributed by atoms with van der Waals surface area (Å²) in [5.74, 6) is 0.844. The Hall–Kier alpha value is -2.67. The van der Waals surface area contributed by atoms with Crippen molar-refractivity contribution in [2.75, 3.05) is 5.73 Å². The Morgan fingerprint density at radius 3 is 2.90 bits per heavy atom. The topological polar surface area (TPSA) is 110 Å². The summed E-state index contributed by atoms with van der Waals surface area (Å²) in [6, 6.07) is 9.07. The maximum atomic E-state index is 9.36. The van der Waals surface area contributed by atoms with Crippen molar-refractivity contribution in [1.29, 1.82) is 0 Å². The summed E-state index contributed by atoms with van der Waals surface area (Å²) in [5, 5.41) is 24.2. The fourth-order valence-electron chi connectivity index (χ4n) is 1.94. The van der Waals surface area contributed by atoms with Crippen molar-refractivity contribution < 1.29 is 9.84 Å². The van der Waals surface area contributed by atoms with Gasteiger partial charge in [-0.05, 0) is 25.1 Å². The van der Waals surface area contributed by atoms with Gasteiger partial charge in [-0.2, -0.15) is 5.10 Å². The normalized spacial score (nSPS) is 12.5. The third kappa shape index (κ3) is 2.14. The molecule has 7 nitrogen and oxygen atoms in total. The number of nitrogen functional groups attached to an aromatic ring is 1. The van der Waals surface area contributed by atoms with Gasteiger partial charge in [-0.25, -0.2) is 0 Å². The summed E-state index contributed by atoms with van der Waals surface area (Å²) < 4.78 is 5.35. The van der Waals surface area contributed by atoms with E-state index in [1.165, 1.54) is 0 Å². The fraction of sp³-hybridized carbons (Fsp3) is 0.154. The van der Waals surface area contributed by atoms with Gasteiger partial charge in [-0.3, -0.25) is 5.10 Å². The summed E-state index contributed by atoms with van der Waals surface area (Å²) in [6.07, 6.45) is -0.907. The Labute approximate surface area is 114 Å². The number of nitrogens with one attached hydrogen (secondary N) is 1. The zero-order valence-corrected chi connectivity index (χ0v) is 10.7. The molecule has 0 fully saturated rings. The number of benzene rings is 1. The number of hydrogen-bond donors (Lipinski definition) is 3. The molecule has 3 aromatic rings. The summed E-state index contributed by atoms with van der Waals surface area (Å²) >= 11 is 0. The molecule has 20 heavy (non-hydrogen) atoms. The molecule has 3 rings (SSSR count). The second-order valence-corrected chi connectivity index (χ2v) is 4.31.